The van der Waals surface area contributed by atoms with Crippen molar-refractivity contribution in [2.24, 2.45) is 29.6 Å². The van der Waals surface area contributed by atoms with E-state index in [1.54, 1.807) is 11.8 Å². The molecule has 7 heteroatoms. The molecule has 0 spiro atoms. The molecule has 0 unspecified atom stereocenters. The van der Waals surface area contributed by atoms with Gasteiger partial charge < -0.3 is 20.1 Å². The number of hydrogen-bond acceptors (Lipinski definition) is 5. The predicted octanol–water partition coefficient (Wildman–Crippen LogP) is 2.53. The van der Waals surface area contributed by atoms with E-state index >= 15 is 0 Å². The summed E-state index contributed by atoms with van der Waals surface area (Å²) in [7, 11) is 0. The molecule has 1 heterocycles. The van der Waals surface area contributed by atoms with Crippen LogP contribution in [0.1, 0.15) is 60.3 Å². The zero-order chi connectivity index (χ0) is 23.1. The quantitative estimate of drug-likeness (QED) is 0.295. The van der Waals surface area contributed by atoms with Crippen LogP contribution < -0.4 is 5.32 Å². The third-order valence-electron chi connectivity index (χ3n) is 6.52. The Hall–Kier alpha value is -1.89. The van der Waals surface area contributed by atoms with Crippen LogP contribution in [0, 0.1) is 29.6 Å². The average Bonchev–Trinajstić information content (AvgIpc) is 3.03. The molecule has 0 aromatic rings. The van der Waals surface area contributed by atoms with Crippen LogP contribution in [0.25, 0.3) is 0 Å². The standard InChI is InChI=1S/C24H40N2O5/c1-6-9-12-25-22(28)21-18-11-10-16(7-2)19(24(30)31-8-3)20(18)23(29)26(21)17(14-27)13-15(4)5/h10-11,15-21,27H,6-9,12-14H2,1-5H3,(H,25,28)/t16-,17-,18+,19-,20-,21+/m1/s1. The van der Waals surface area contributed by atoms with Crippen molar-refractivity contribution < 1.29 is 24.2 Å². The number of nitrogens with zero attached hydrogens (tertiary/aromatic N) is 1. The van der Waals surface area contributed by atoms with Crippen LogP contribution in [-0.2, 0) is 19.1 Å². The molecular weight excluding hydrogens is 396 g/mol. The van der Waals surface area contributed by atoms with Gasteiger partial charge in [-0.05, 0) is 38.0 Å². The maximum atomic E-state index is 13.7. The lowest BCUT2D eigenvalue weighted by Crippen LogP contribution is -2.52. The van der Waals surface area contributed by atoms with Crippen LogP contribution in [0.15, 0.2) is 12.2 Å². The molecule has 176 valence electrons. The lowest BCUT2D eigenvalue weighted by atomic mass is 9.69. The Morgan fingerprint density at radius 2 is 1.94 bits per heavy atom. The first kappa shape index (κ1) is 25.4. The molecule has 1 saturated heterocycles. The van der Waals surface area contributed by atoms with Crippen LogP contribution in [0.5, 0.6) is 0 Å². The normalized spacial score (nSPS) is 28.5. The fourth-order valence-corrected chi connectivity index (χ4v) is 5.10. The molecular formula is C24H40N2O5. The Morgan fingerprint density at radius 1 is 1.23 bits per heavy atom. The minimum Gasteiger partial charge on any atom is -0.466 e. The minimum absolute atomic E-state index is 0.106. The number of nitrogens with one attached hydrogen (secondary N) is 1. The molecule has 2 amide bonds. The summed E-state index contributed by atoms with van der Waals surface area (Å²) >= 11 is 0. The SMILES string of the molecule is CCCCNC(=O)[C@@H]1[C@H]2C=C[C@@H](CC)[C@@H](C(=O)OCC)[C@@H]2C(=O)N1[C@@H](CO)CC(C)C. The number of esters is 1. The number of hydrogen-bond donors (Lipinski definition) is 2. The van der Waals surface area contributed by atoms with E-state index in [1.807, 2.05) is 32.9 Å². The van der Waals surface area contributed by atoms with E-state index in [9.17, 15) is 19.5 Å². The number of unbranched alkanes of at least 4 members (excludes halogenated alkanes) is 1. The molecule has 0 bridgehead atoms. The Kier molecular flexibility index (Phi) is 9.54. The van der Waals surface area contributed by atoms with Gasteiger partial charge in [0, 0.05) is 12.5 Å². The fraction of sp³-hybridized carbons (Fsp3) is 0.792. The van der Waals surface area contributed by atoms with Crippen molar-refractivity contribution in [3.8, 4) is 0 Å². The van der Waals surface area contributed by atoms with Gasteiger partial charge in [-0.3, -0.25) is 14.4 Å². The molecule has 2 rings (SSSR count). The number of amides is 2. The van der Waals surface area contributed by atoms with Gasteiger partial charge in [0.05, 0.1) is 31.1 Å². The van der Waals surface area contributed by atoms with E-state index < -0.39 is 29.8 Å². The largest absolute Gasteiger partial charge is 0.466 e. The number of fused-ring (bicyclic) bond motifs is 1. The van der Waals surface area contributed by atoms with Crippen LogP contribution in [0.2, 0.25) is 0 Å². The van der Waals surface area contributed by atoms with E-state index in [2.05, 4.69) is 12.2 Å². The minimum atomic E-state index is -0.726. The Bertz CT molecular complexity index is 662. The molecule has 2 N–H and O–H groups in total. The summed E-state index contributed by atoms with van der Waals surface area (Å²) in [6.07, 6.45) is 7.03. The highest BCUT2D eigenvalue weighted by Gasteiger charge is 2.58. The third-order valence-corrected chi connectivity index (χ3v) is 6.52. The first-order valence-corrected chi connectivity index (χ1v) is 11.9. The molecule has 1 aliphatic carbocycles. The maximum Gasteiger partial charge on any atom is 0.310 e. The lowest BCUT2D eigenvalue weighted by molar-refractivity contribution is -0.156. The van der Waals surface area contributed by atoms with Crippen molar-refractivity contribution in [2.75, 3.05) is 19.8 Å². The number of rotatable bonds is 11. The van der Waals surface area contributed by atoms with Crippen molar-refractivity contribution in [3.63, 3.8) is 0 Å². The first-order chi connectivity index (χ1) is 14.8. The topological polar surface area (TPSA) is 95.9 Å². The lowest BCUT2D eigenvalue weighted by Gasteiger charge is -2.34. The summed E-state index contributed by atoms with van der Waals surface area (Å²) in [5.41, 5.74) is 0. The van der Waals surface area contributed by atoms with Crippen molar-refractivity contribution >= 4 is 17.8 Å². The fourth-order valence-electron chi connectivity index (χ4n) is 5.10. The van der Waals surface area contributed by atoms with Crippen molar-refractivity contribution in [3.05, 3.63) is 12.2 Å². The summed E-state index contributed by atoms with van der Waals surface area (Å²) in [6.45, 7) is 10.4. The molecule has 31 heavy (non-hydrogen) atoms. The monoisotopic (exact) mass is 436 g/mol. The highest BCUT2D eigenvalue weighted by atomic mass is 16.5. The van der Waals surface area contributed by atoms with Crippen molar-refractivity contribution in [1.82, 2.24) is 10.2 Å². The van der Waals surface area contributed by atoms with Gasteiger partial charge in [0.2, 0.25) is 11.8 Å². The zero-order valence-corrected chi connectivity index (χ0v) is 19.7. The zero-order valence-electron chi connectivity index (χ0n) is 19.7. The number of aliphatic hydroxyl groups is 1. The third kappa shape index (κ3) is 5.48. The number of allylic oxidation sites excluding steroid dienone is 1. The van der Waals surface area contributed by atoms with Gasteiger partial charge in [-0.2, -0.15) is 0 Å². The molecule has 0 radical (unpaired) electrons. The predicted molar refractivity (Wildman–Crippen MR) is 119 cm³/mol. The van der Waals surface area contributed by atoms with Gasteiger partial charge >= 0.3 is 5.97 Å². The smallest absolute Gasteiger partial charge is 0.310 e. The molecule has 0 aromatic heterocycles. The second-order valence-corrected chi connectivity index (χ2v) is 9.14. The molecule has 0 saturated carbocycles. The molecule has 7 nitrogen and oxygen atoms in total. The number of carbonyl (C=O) groups excluding carboxylic acids is 3. The van der Waals surface area contributed by atoms with E-state index in [4.69, 9.17) is 4.74 Å². The molecule has 1 fully saturated rings. The molecule has 2 aliphatic rings. The summed E-state index contributed by atoms with van der Waals surface area (Å²) in [5, 5.41) is 13.1. The number of ether oxygens (including phenoxy) is 1. The number of likely N-dealkylation sites (tertiary alicyclic amines) is 1. The summed E-state index contributed by atoms with van der Waals surface area (Å²) in [6, 6.07) is -1.19. The Morgan fingerprint density at radius 3 is 2.48 bits per heavy atom. The molecule has 1 aliphatic heterocycles. The highest BCUT2D eigenvalue weighted by molar-refractivity contribution is 5.96. The summed E-state index contributed by atoms with van der Waals surface area (Å²) in [4.78, 5) is 41.5. The first-order valence-electron chi connectivity index (χ1n) is 11.9. The van der Waals surface area contributed by atoms with Crippen LogP contribution in [-0.4, -0.2) is 59.6 Å². The maximum absolute atomic E-state index is 13.7. The van der Waals surface area contributed by atoms with Gasteiger partial charge in [-0.15, -0.1) is 0 Å². The van der Waals surface area contributed by atoms with Crippen molar-refractivity contribution in [1.29, 1.82) is 0 Å². The van der Waals surface area contributed by atoms with Crippen LogP contribution >= 0.6 is 0 Å². The highest BCUT2D eigenvalue weighted by Crippen LogP contribution is 2.46. The van der Waals surface area contributed by atoms with Gasteiger partial charge in [-0.25, -0.2) is 0 Å². The van der Waals surface area contributed by atoms with E-state index in [1.165, 1.54) is 0 Å². The van der Waals surface area contributed by atoms with E-state index in [0.29, 0.717) is 19.4 Å². The second-order valence-electron chi connectivity index (χ2n) is 9.14. The summed E-state index contributed by atoms with van der Waals surface area (Å²) in [5.74, 6) is -2.33. The summed E-state index contributed by atoms with van der Waals surface area (Å²) < 4.78 is 5.34. The van der Waals surface area contributed by atoms with E-state index in [-0.39, 0.29) is 42.8 Å². The average molecular weight is 437 g/mol. The Balaban J connectivity index is 2.47. The van der Waals surface area contributed by atoms with Gasteiger partial charge in [-0.1, -0.05) is 46.3 Å². The Labute approximate surface area is 186 Å². The van der Waals surface area contributed by atoms with Gasteiger partial charge in [0.25, 0.3) is 0 Å². The van der Waals surface area contributed by atoms with E-state index in [0.717, 1.165) is 12.8 Å². The van der Waals surface area contributed by atoms with Crippen LogP contribution in [0.3, 0.4) is 0 Å². The molecule has 6 atom stereocenters. The molecule has 0 aromatic carbocycles. The van der Waals surface area contributed by atoms with Gasteiger partial charge in [0.1, 0.15) is 6.04 Å². The van der Waals surface area contributed by atoms with Crippen LogP contribution in [0.4, 0.5) is 0 Å². The number of aliphatic hydroxyl groups excluding tert-OH is 1. The number of carbonyl (C=O) groups is 3. The van der Waals surface area contributed by atoms with Gasteiger partial charge in [0.15, 0.2) is 0 Å². The van der Waals surface area contributed by atoms with Crippen molar-refractivity contribution in [2.45, 2.75) is 72.4 Å². The second kappa shape index (κ2) is 11.7.